The van der Waals surface area contributed by atoms with E-state index in [0.717, 1.165) is 22.6 Å². The summed E-state index contributed by atoms with van der Waals surface area (Å²) >= 11 is 1.58. The number of nitrogens with one attached hydrogen (secondary N) is 1. The lowest BCUT2D eigenvalue weighted by Gasteiger charge is -2.14. The van der Waals surface area contributed by atoms with Crippen molar-refractivity contribution in [1.29, 1.82) is 0 Å². The third-order valence-electron chi connectivity index (χ3n) is 3.84. The standard InChI is InChI=1S/C21H25NO5S/c1-16-6-5-9-18(14-16)26-11-13-28-12-10-19(20(23)24)22-21(25)27-15-17-7-3-2-4-8-17/h2-9,14,19H,10-13,15H2,1H3,(H,22,25)(H,23,24). The van der Waals surface area contributed by atoms with Gasteiger partial charge >= 0.3 is 12.1 Å². The van der Waals surface area contributed by atoms with Crippen LogP contribution in [0.15, 0.2) is 54.6 Å². The van der Waals surface area contributed by atoms with E-state index in [-0.39, 0.29) is 6.61 Å². The van der Waals surface area contributed by atoms with E-state index >= 15 is 0 Å². The van der Waals surface area contributed by atoms with E-state index in [2.05, 4.69) is 5.32 Å². The van der Waals surface area contributed by atoms with E-state index in [1.165, 1.54) is 0 Å². The SMILES string of the molecule is Cc1cccc(OCCSCCC(NC(=O)OCc2ccccc2)C(=O)O)c1. The largest absolute Gasteiger partial charge is 0.493 e. The Balaban J connectivity index is 1.62. The van der Waals surface area contributed by atoms with Gasteiger partial charge in [0.2, 0.25) is 0 Å². The molecular weight excluding hydrogens is 378 g/mol. The summed E-state index contributed by atoms with van der Waals surface area (Å²) in [6, 6.07) is 16.1. The van der Waals surface area contributed by atoms with Gasteiger partial charge < -0.3 is 19.9 Å². The van der Waals surface area contributed by atoms with Gasteiger partial charge in [0.25, 0.3) is 0 Å². The number of carboxylic acids is 1. The fourth-order valence-electron chi connectivity index (χ4n) is 2.39. The second-order valence-electron chi connectivity index (χ2n) is 6.16. The highest BCUT2D eigenvalue weighted by atomic mass is 32.2. The molecule has 1 unspecified atom stereocenters. The van der Waals surface area contributed by atoms with Gasteiger partial charge in [-0.3, -0.25) is 0 Å². The molecule has 0 aliphatic carbocycles. The highest BCUT2D eigenvalue weighted by molar-refractivity contribution is 7.99. The first-order chi connectivity index (χ1) is 13.5. The summed E-state index contributed by atoms with van der Waals surface area (Å²) in [5, 5.41) is 11.7. The Labute approximate surface area is 169 Å². The van der Waals surface area contributed by atoms with Gasteiger partial charge in [0, 0.05) is 5.75 Å². The van der Waals surface area contributed by atoms with Crippen LogP contribution in [0.5, 0.6) is 5.75 Å². The monoisotopic (exact) mass is 403 g/mol. The molecule has 0 spiro atoms. The molecule has 2 rings (SSSR count). The van der Waals surface area contributed by atoms with Gasteiger partial charge in [0.15, 0.2) is 0 Å². The molecule has 2 N–H and O–H groups in total. The second kappa shape index (κ2) is 11.9. The molecule has 0 aliphatic heterocycles. The normalized spacial score (nSPS) is 11.5. The molecule has 28 heavy (non-hydrogen) atoms. The molecule has 0 saturated heterocycles. The topological polar surface area (TPSA) is 84.9 Å². The molecule has 0 radical (unpaired) electrons. The van der Waals surface area contributed by atoms with Gasteiger partial charge in [0.1, 0.15) is 18.4 Å². The highest BCUT2D eigenvalue weighted by Gasteiger charge is 2.20. The summed E-state index contributed by atoms with van der Waals surface area (Å²) in [7, 11) is 0. The first kappa shape index (κ1) is 21.6. The fourth-order valence-corrected chi connectivity index (χ4v) is 3.20. The van der Waals surface area contributed by atoms with Crippen LogP contribution < -0.4 is 10.1 Å². The molecule has 0 heterocycles. The van der Waals surface area contributed by atoms with Crippen molar-refractivity contribution < 1.29 is 24.2 Å². The third-order valence-corrected chi connectivity index (χ3v) is 4.82. The van der Waals surface area contributed by atoms with Crippen LogP contribution in [-0.4, -0.2) is 41.3 Å². The molecule has 0 aliphatic rings. The number of ether oxygens (including phenoxy) is 2. The molecule has 0 aromatic heterocycles. The van der Waals surface area contributed by atoms with Crippen LogP contribution in [-0.2, 0) is 16.1 Å². The van der Waals surface area contributed by atoms with E-state index in [0.29, 0.717) is 18.8 Å². The third kappa shape index (κ3) is 8.35. The predicted molar refractivity (Wildman–Crippen MR) is 110 cm³/mol. The molecule has 1 amide bonds. The number of amides is 1. The Kier molecular flexibility index (Phi) is 9.21. The van der Waals surface area contributed by atoms with Gasteiger partial charge in [-0.25, -0.2) is 9.59 Å². The van der Waals surface area contributed by atoms with Crippen LogP contribution in [0.2, 0.25) is 0 Å². The molecular formula is C21H25NO5S. The van der Waals surface area contributed by atoms with Gasteiger partial charge in [0.05, 0.1) is 6.61 Å². The number of aliphatic carboxylic acids is 1. The number of thioether (sulfide) groups is 1. The summed E-state index contributed by atoms with van der Waals surface area (Å²) in [6.07, 6.45) is -0.422. The zero-order valence-corrected chi connectivity index (χ0v) is 16.6. The Bertz CT molecular complexity index is 753. The number of benzene rings is 2. The number of carboxylic acid groups (broad SMARTS) is 1. The summed E-state index contributed by atoms with van der Waals surface area (Å²) in [5.41, 5.74) is 1.98. The first-order valence-electron chi connectivity index (χ1n) is 9.02. The van der Waals surface area contributed by atoms with Crippen LogP contribution >= 0.6 is 11.8 Å². The molecule has 6 nitrogen and oxygen atoms in total. The number of carbonyl (C=O) groups excluding carboxylic acids is 1. The number of alkyl carbamates (subject to hydrolysis) is 1. The number of rotatable bonds is 11. The number of carbonyl (C=O) groups is 2. The summed E-state index contributed by atoms with van der Waals surface area (Å²) in [6.45, 7) is 2.65. The second-order valence-corrected chi connectivity index (χ2v) is 7.39. The smallest absolute Gasteiger partial charge is 0.408 e. The average molecular weight is 404 g/mol. The van der Waals surface area contributed by atoms with Crippen LogP contribution in [0, 0.1) is 6.92 Å². The van der Waals surface area contributed by atoms with Crippen LogP contribution in [0.3, 0.4) is 0 Å². The van der Waals surface area contributed by atoms with Gasteiger partial charge in [-0.1, -0.05) is 42.5 Å². The van der Waals surface area contributed by atoms with E-state index in [1.54, 1.807) is 11.8 Å². The van der Waals surface area contributed by atoms with Crippen molar-refractivity contribution in [3.05, 3.63) is 65.7 Å². The van der Waals surface area contributed by atoms with E-state index in [4.69, 9.17) is 9.47 Å². The van der Waals surface area contributed by atoms with Gasteiger partial charge in [-0.2, -0.15) is 11.8 Å². The lowest BCUT2D eigenvalue weighted by Crippen LogP contribution is -2.41. The zero-order chi connectivity index (χ0) is 20.2. The maximum atomic E-state index is 11.8. The van der Waals surface area contributed by atoms with Crippen LogP contribution in [0.4, 0.5) is 4.79 Å². The lowest BCUT2D eigenvalue weighted by molar-refractivity contribution is -0.139. The summed E-state index contributed by atoms with van der Waals surface area (Å²) < 4.78 is 10.7. The van der Waals surface area contributed by atoms with Crippen LogP contribution in [0.1, 0.15) is 17.5 Å². The van der Waals surface area contributed by atoms with Crippen molar-refractivity contribution in [1.82, 2.24) is 5.32 Å². The minimum atomic E-state index is -1.08. The predicted octanol–water partition coefficient (Wildman–Crippen LogP) is 3.88. The first-order valence-corrected chi connectivity index (χ1v) is 10.2. The number of aryl methyl sites for hydroxylation is 1. The Hall–Kier alpha value is -2.67. The van der Waals surface area contributed by atoms with Crippen molar-refractivity contribution in [2.24, 2.45) is 0 Å². The molecule has 1 atom stereocenters. The van der Waals surface area contributed by atoms with Crippen molar-refractivity contribution >= 4 is 23.8 Å². The summed E-state index contributed by atoms with van der Waals surface area (Å²) in [5.74, 6) is 1.08. The lowest BCUT2D eigenvalue weighted by atomic mass is 10.2. The van der Waals surface area contributed by atoms with Crippen molar-refractivity contribution in [3.8, 4) is 5.75 Å². The molecule has 150 valence electrons. The Morgan fingerprint density at radius 1 is 1.11 bits per heavy atom. The maximum Gasteiger partial charge on any atom is 0.408 e. The average Bonchev–Trinajstić information content (AvgIpc) is 2.68. The molecule has 0 bridgehead atoms. The highest BCUT2D eigenvalue weighted by Crippen LogP contribution is 2.13. The van der Waals surface area contributed by atoms with E-state index < -0.39 is 18.1 Å². The van der Waals surface area contributed by atoms with Crippen molar-refractivity contribution in [2.75, 3.05) is 18.1 Å². The van der Waals surface area contributed by atoms with E-state index in [1.807, 2.05) is 61.5 Å². The number of hydrogen-bond acceptors (Lipinski definition) is 5. The molecule has 2 aromatic rings. The number of hydrogen-bond donors (Lipinski definition) is 2. The van der Waals surface area contributed by atoms with Crippen molar-refractivity contribution in [2.45, 2.75) is 26.0 Å². The van der Waals surface area contributed by atoms with E-state index in [9.17, 15) is 14.7 Å². The Morgan fingerprint density at radius 2 is 1.89 bits per heavy atom. The minimum absolute atomic E-state index is 0.101. The molecule has 2 aromatic carbocycles. The van der Waals surface area contributed by atoms with Crippen molar-refractivity contribution in [3.63, 3.8) is 0 Å². The molecule has 0 fully saturated rings. The van der Waals surface area contributed by atoms with Gasteiger partial charge in [-0.15, -0.1) is 0 Å². The quantitative estimate of drug-likeness (QED) is 0.554. The maximum absolute atomic E-state index is 11.8. The Morgan fingerprint density at radius 3 is 2.61 bits per heavy atom. The zero-order valence-electron chi connectivity index (χ0n) is 15.8. The molecule has 0 saturated carbocycles. The summed E-state index contributed by atoms with van der Waals surface area (Å²) in [4.78, 5) is 23.2. The fraction of sp³-hybridized carbons (Fsp3) is 0.333. The van der Waals surface area contributed by atoms with Crippen LogP contribution in [0.25, 0.3) is 0 Å². The van der Waals surface area contributed by atoms with Gasteiger partial charge in [-0.05, 0) is 42.4 Å². The minimum Gasteiger partial charge on any atom is -0.493 e. The molecule has 7 heteroatoms.